The minimum absolute atomic E-state index is 0.103. The van der Waals surface area contributed by atoms with E-state index in [2.05, 4.69) is 31.3 Å². The number of thioether (sulfide) groups is 1. The fourth-order valence-electron chi connectivity index (χ4n) is 3.54. The summed E-state index contributed by atoms with van der Waals surface area (Å²) in [5.74, 6) is 0.858. The summed E-state index contributed by atoms with van der Waals surface area (Å²) in [4.78, 5) is 20.3. The Morgan fingerprint density at radius 2 is 1.97 bits per heavy atom. The molecular formula is C22H26N4OS2. The molecule has 0 spiro atoms. The van der Waals surface area contributed by atoms with Gasteiger partial charge in [0.25, 0.3) is 5.91 Å². The van der Waals surface area contributed by atoms with E-state index in [1.54, 1.807) is 23.1 Å². The van der Waals surface area contributed by atoms with Crippen molar-refractivity contribution in [1.82, 2.24) is 10.3 Å². The number of aryl methyl sites for hydroxylation is 1. The first-order valence-corrected chi connectivity index (χ1v) is 12.0. The number of amides is 1. The van der Waals surface area contributed by atoms with Gasteiger partial charge >= 0.3 is 0 Å². The molecule has 29 heavy (non-hydrogen) atoms. The van der Waals surface area contributed by atoms with E-state index in [0.717, 1.165) is 27.6 Å². The Balaban J connectivity index is 1.62. The van der Waals surface area contributed by atoms with Gasteiger partial charge in [0.05, 0.1) is 10.2 Å². The van der Waals surface area contributed by atoms with Crippen molar-refractivity contribution in [3.63, 3.8) is 0 Å². The maximum atomic E-state index is 13.0. The number of thiophene rings is 1. The minimum Gasteiger partial charge on any atom is -0.298 e. The first-order valence-electron chi connectivity index (χ1n) is 10.2. The second-order valence-corrected chi connectivity index (χ2v) is 9.69. The molecule has 1 aromatic carbocycles. The Hall–Kier alpha value is -2.12. The number of rotatable bonds is 7. The lowest BCUT2D eigenvalue weighted by atomic mass is 10.1. The highest BCUT2D eigenvalue weighted by molar-refractivity contribution is 8.13. The predicted molar refractivity (Wildman–Crippen MR) is 121 cm³/mol. The maximum absolute atomic E-state index is 13.0. The lowest BCUT2D eigenvalue weighted by Gasteiger charge is -2.33. The molecule has 0 aliphatic carbocycles. The Morgan fingerprint density at radius 1 is 1.14 bits per heavy atom. The van der Waals surface area contributed by atoms with Crippen LogP contribution < -0.4 is 15.9 Å². The summed E-state index contributed by atoms with van der Waals surface area (Å²) in [7, 11) is 0. The van der Waals surface area contributed by atoms with Gasteiger partial charge in [-0.2, -0.15) is 0 Å². The summed E-state index contributed by atoms with van der Waals surface area (Å²) in [5.41, 5.74) is 0.582. The minimum atomic E-state index is -0.301. The molecule has 2 aromatic rings. The summed E-state index contributed by atoms with van der Waals surface area (Å²) in [6.07, 6.45) is 5.87. The third-order valence-electron chi connectivity index (χ3n) is 5.02. The molecule has 4 rings (SSSR count). The number of amidine groups is 1. The number of hydrogen-bond acceptors (Lipinski definition) is 6. The van der Waals surface area contributed by atoms with Gasteiger partial charge in [-0.15, -0.1) is 16.4 Å². The SMILES string of the molecule is CCCCCCCSC1=NN2C(=c3ccccc3=N[C@@H]2c2ccc(C)s2)C(=O)N1. The monoisotopic (exact) mass is 426 g/mol. The van der Waals surface area contributed by atoms with Gasteiger partial charge in [0.1, 0.15) is 5.70 Å². The molecule has 1 N–H and O–H groups in total. The molecular weight excluding hydrogens is 400 g/mol. The van der Waals surface area contributed by atoms with Crippen LogP contribution in [-0.4, -0.2) is 21.8 Å². The summed E-state index contributed by atoms with van der Waals surface area (Å²) in [5, 5.41) is 12.0. The number of nitrogens with one attached hydrogen (secondary N) is 1. The van der Waals surface area contributed by atoms with Gasteiger partial charge in [-0.1, -0.05) is 62.6 Å². The van der Waals surface area contributed by atoms with Crippen molar-refractivity contribution < 1.29 is 4.79 Å². The quantitative estimate of drug-likeness (QED) is 0.683. The predicted octanol–water partition coefficient (Wildman–Crippen LogP) is 3.90. The Labute approximate surface area is 179 Å². The second-order valence-electron chi connectivity index (χ2n) is 7.28. The van der Waals surface area contributed by atoms with E-state index in [1.807, 2.05) is 29.3 Å². The van der Waals surface area contributed by atoms with Crippen LogP contribution in [0.3, 0.4) is 0 Å². The van der Waals surface area contributed by atoms with Gasteiger partial charge in [0.2, 0.25) is 0 Å². The molecule has 152 valence electrons. The molecule has 0 radical (unpaired) electrons. The number of para-hydroxylation sites is 1. The van der Waals surface area contributed by atoms with Crippen LogP contribution in [-0.2, 0) is 4.79 Å². The maximum Gasteiger partial charge on any atom is 0.276 e. The average molecular weight is 427 g/mol. The van der Waals surface area contributed by atoms with E-state index in [1.165, 1.54) is 30.6 Å². The normalized spacial score (nSPS) is 17.9. The summed E-state index contributed by atoms with van der Waals surface area (Å²) < 4.78 is 0. The smallest absolute Gasteiger partial charge is 0.276 e. The zero-order valence-electron chi connectivity index (χ0n) is 16.9. The zero-order valence-corrected chi connectivity index (χ0v) is 18.5. The molecule has 0 saturated heterocycles. The zero-order chi connectivity index (χ0) is 20.2. The highest BCUT2D eigenvalue weighted by atomic mass is 32.2. The largest absolute Gasteiger partial charge is 0.298 e. The van der Waals surface area contributed by atoms with E-state index in [0.29, 0.717) is 10.9 Å². The lowest BCUT2D eigenvalue weighted by molar-refractivity contribution is -0.116. The van der Waals surface area contributed by atoms with Gasteiger partial charge in [0, 0.05) is 15.8 Å². The summed E-state index contributed by atoms with van der Waals surface area (Å²) in [6, 6.07) is 12.0. The van der Waals surface area contributed by atoms with Gasteiger partial charge in [-0.3, -0.25) is 15.1 Å². The fourth-order valence-corrected chi connectivity index (χ4v) is 5.30. The summed E-state index contributed by atoms with van der Waals surface area (Å²) in [6.45, 7) is 4.31. The van der Waals surface area contributed by atoms with Crippen molar-refractivity contribution in [2.45, 2.75) is 52.1 Å². The molecule has 1 atom stereocenters. The van der Waals surface area contributed by atoms with Gasteiger partial charge < -0.3 is 0 Å². The Morgan fingerprint density at radius 3 is 2.76 bits per heavy atom. The molecule has 1 aromatic heterocycles. The number of carbonyl (C=O) groups is 1. The van der Waals surface area contributed by atoms with Crippen LogP contribution in [0.25, 0.3) is 5.70 Å². The summed E-state index contributed by atoms with van der Waals surface area (Å²) >= 11 is 3.32. The van der Waals surface area contributed by atoms with Crippen molar-refractivity contribution in [3.05, 3.63) is 56.7 Å². The first-order chi connectivity index (χ1) is 14.2. The van der Waals surface area contributed by atoms with Gasteiger partial charge in [0.15, 0.2) is 11.3 Å². The van der Waals surface area contributed by atoms with E-state index < -0.39 is 0 Å². The molecule has 3 heterocycles. The fraction of sp³-hybridized carbons (Fsp3) is 0.409. The number of fused-ring (bicyclic) bond motifs is 2. The van der Waals surface area contributed by atoms with Crippen molar-refractivity contribution in [2.24, 2.45) is 10.1 Å². The van der Waals surface area contributed by atoms with Crippen molar-refractivity contribution in [1.29, 1.82) is 0 Å². The molecule has 1 amide bonds. The molecule has 5 nitrogen and oxygen atoms in total. The van der Waals surface area contributed by atoms with Crippen LogP contribution in [0.4, 0.5) is 0 Å². The standard InChI is InChI=1S/C22H26N4OS2/c1-3-4-5-6-9-14-28-22-24-21(27)19-16-10-7-8-11-17(16)23-20(26(19)25-22)18-13-12-15(2)29-18/h7-8,10-13,20H,3-6,9,14H2,1-2H3,(H,24,25,27)/t20-/m0/s1. The number of hydrogen-bond donors (Lipinski definition) is 1. The van der Waals surface area contributed by atoms with Crippen molar-refractivity contribution in [3.8, 4) is 0 Å². The molecule has 0 unspecified atom stereocenters. The molecule has 7 heteroatoms. The van der Waals surface area contributed by atoms with Crippen molar-refractivity contribution >= 4 is 39.9 Å². The van der Waals surface area contributed by atoms with Crippen LogP contribution in [0.1, 0.15) is 54.9 Å². The van der Waals surface area contributed by atoms with Crippen molar-refractivity contribution in [2.75, 3.05) is 5.75 Å². The van der Waals surface area contributed by atoms with E-state index in [4.69, 9.17) is 10.1 Å². The van der Waals surface area contributed by atoms with Crippen LogP contribution in [0.2, 0.25) is 0 Å². The van der Waals surface area contributed by atoms with Crippen LogP contribution >= 0.6 is 23.1 Å². The van der Waals surface area contributed by atoms with E-state index in [9.17, 15) is 4.79 Å². The highest BCUT2D eigenvalue weighted by Crippen LogP contribution is 2.34. The third kappa shape index (κ3) is 4.41. The number of carbonyl (C=O) groups excluding carboxylic acids is 1. The average Bonchev–Trinajstić information content (AvgIpc) is 3.16. The Kier molecular flexibility index (Phi) is 6.35. The molecule has 0 saturated carbocycles. The third-order valence-corrected chi connectivity index (χ3v) is 7.01. The highest BCUT2D eigenvalue weighted by Gasteiger charge is 2.34. The molecule has 0 fully saturated rings. The Bertz CT molecular complexity index is 1040. The van der Waals surface area contributed by atoms with E-state index in [-0.39, 0.29) is 12.1 Å². The first kappa shape index (κ1) is 20.2. The second kappa shape index (κ2) is 9.13. The van der Waals surface area contributed by atoms with Crippen LogP contribution in [0.15, 0.2) is 46.5 Å². The number of benzene rings is 1. The van der Waals surface area contributed by atoms with Gasteiger partial charge in [-0.25, -0.2) is 5.01 Å². The van der Waals surface area contributed by atoms with E-state index >= 15 is 0 Å². The molecule has 2 aliphatic rings. The van der Waals surface area contributed by atoms with Crippen LogP contribution in [0, 0.1) is 6.92 Å². The topological polar surface area (TPSA) is 57.1 Å². The number of nitrogens with zero attached hydrogens (tertiary/aromatic N) is 3. The lowest BCUT2D eigenvalue weighted by Crippen LogP contribution is -2.50. The van der Waals surface area contributed by atoms with Gasteiger partial charge in [-0.05, 0) is 31.5 Å². The van der Waals surface area contributed by atoms with Crippen LogP contribution in [0.5, 0.6) is 0 Å². The molecule has 0 bridgehead atoms. The number of hydrazone groups is 1. The number of unbranched alkanes of at least 4 members (excludes halogenated alkanes) is 4. The molecule has 2 aliphatic heterocycles.